The monoisotopic (exact) mass is 357 g/mol. The Balaban J connectivity index is 0.00000182. The number of pyridine rings is 1. The fraction of sp³-hybridized carbons (Fsp3) is 0.143. The molecular formula is C21H20NNaO3. The number of aromatic carboxylic acids is 1. The van der Waals surface area contributed by atoms with Crippen molar-refractivity contribution in [3.63, 3.8) is 0 Å². The Bertz CT molecular complexity index is 956. The van der Waals surface area contributed by atoms with E-state index in [9.17, 15) is 14.7 Å². The van der Waals surface area contributed by atoms with Gasteiger partial charge < -0.3 is 11.1 Å². The number of nitrogens with zero attached hydrogens (tertiary/aromatic N) is 1. The van der Waals surface area contributed by atoms with Gasteiger partial charge in [-0.15, -0.1) is 0 Å². The third-order valence-corrected chi connectivity index (χ3v) is 4.09. The molecule has 1 N–H and O–H groups in total. The molecule has 0 saturated heterocycles. The molecule has 0 radical (unpaired) electrons. The number of hydrogen-bond donors (Lipinski definition) is 1. The number of benzene rings is 2. The van der Waals surface area contributed by atoms with E-state index in [0.29, 0.717) is 12.2 Å². The van der Waals surface area contributed by atoms with Crippen LogP contribution in [0.25, 0.3) is 22.5 Å². The van der Waals surface area contributed by atoms with Gasteiger partial charge in [0.05, 0.1) is 11.4 Å². The average molecular weight is 357 g/mol. The second-order valence-corrected chi connectivity index (χ2v) is 5.81. The number of carbonyl (C=O) groups is 1. The maximum atomic E-state index is 12.6. The Labute approximate surface area is 175 Å². The summed E-state index contributed by atoms with van der Waals surface area (Å²) in [6, 6.07) is 20.2. The summed E-state index contributed by atoms with van der Waals surface area (Å²) in [7, 11) is 0. The summed E-state index contributed by atoms with van der Waals surface area (Å²) >= 11 is 0. The van der Waals surface area contributed by atoms with E-state index in [1.807, 2.05) is 72.2 Å². The van der Waals surface area contributed by atoms with Gasteiger partial charge in [0, 0.05) is 12.6 Å². The van der Waals surface area contributed by atoms with Gasteiger partial charge >= 0.3 is 35.5 Å². The molecule has 3 aromatic rings. The predicted molar refractivity (Wildman–Crippen MR) is 99.9 cm³/mol. The van der Waals surface area contributed by atoms with E-state index in [0.717, 1.165) is 23.2 Å². The molecule has 0 aliphatic carbocycles. The van der Waals surface area contributed by atoms with Gasteiger partial charge in [-0.3, -0.25) is 4.79 Å². The molecule has 26 heavy (non-hydrogen) atoms. The fourth-order valence-corrected chi connectivity index (χ4v) is 3.05. The van der Waals surface area contributed by atoms with Crippen LogP contribution in [0, 0.1) is 0 Å². The van der Waals surface area contributed by atoms with Crippen LogP contribution in [-0.2, 0) is 6.54 Å². The molecule has 3 rings (SSSR count). The summed E-state index contributed by atoms with van der Waals surface area (Å²) < 4.78 is 1.94. The summed E-state index contributed by atoms with van der Waals surface area (Å²) in [5, 5.41) is 9.65. The minimum absolute atomic E-state index is 0. The Hall–Kier alpha value is -2.14. The fourth-order valence-electron chi connectivity index (χ4n) is 3.05. The Morgan fingerprint density at radius 1 is 1.00 bits per heavy atom. The molecule has 0 fully saturated rings. The number of hydrogen-bond acceptors (Lipinski definition) is 2. The van der Waals surface area contributed by atoms with Gasteiger partial charge in [-0.2, -0.15) is 0 Å². The first-order valence-corrected chi connectivity index (χ1v) is 8.25. The van der Waals surface area contributed by atoms with E-state index >= 15 is 0 Å². The standard InChI is InChI=1S/C21H19NO3.Na.H/c1-2-13-22-17(15-9-5-3-6-10-15)14-18(23)19(21(24)25)20(22)16-11-7-4-8-12-16;;/h3-12,14H,2,13H2,1H3,(H,24,25);;/q;+1;-1. The van der Waals surface area contributed by atoms with Crippen LogP contribution in [0.5, 0.6) is 0 Å². The van der Waals surface area contributed by atoms with Crippen molar-refractivity contribution in [2.45, 2.75) is 19.9 Å². The van der Waals surface area contributed by atoms with Gasteiger partial charge in [0.1, 0.15) is 5.56 Å². The molecule has 0 spiro atoms. The molecule has 4 nitrogen and oxygen atoms in total. The summed E-state index contributed by atoms with van der Waals surface area (Å²) in [6.07, 6.45) is 0.821. The van der Waals surface area contributed by atoms with Gasteiger partial charge in [-0.1, -0.05) is 67.6 Å². The molecule has 1 aromatic heterocycles. The van der Waals surface area contributed by atoms with Gasteiger partial charge in [0.2, 0.25) is 0 Å². The van der Waals surface area contributed by atoms with Crippen molar-refractivity contribution in [1.82, 2.24) is 4.57 Å². The smallest absolute Gasteiger partial charge is 1.00 e. The van der Waals surface area contributed by atoms with E-state index in [4.69, 9.17) is 0 Å². The third kappa shape index (κ3) is 3.98. The van der Waals surface area contributed by atoms with E-state index in [1.165, 1.54) is 6.07 Å². The summed E-state index contributed by atoms with van der Waals surface area (Å²) in [5.41, 5.74) is 2.15. The van der Waals surface area contributed by atoms with Crippen LogP contribution in [0.4, 0.5) is 0 Å². The van der Waals surface area contributed by atoms with Crippen LogP contribution in [0.2, 0.25) is 0 Å². The largest absolute Gasteiger partial charge is 1.00 e. The quantitative estimate of drug-likeness (QED) is 0.703. The van der Waals surface area contributed by atoms with E-state index in [2.05, 4.69) is 0 Å². The van der Waals surface area contributed by atoms with Crippen LogP contribution in [0.1, 0.15) is 25.1 Å². The summed E-state index contributed by atoms with van der Waals surface area (Å²) in [6.45, 7) is 2.65. The maximum Gasteiger partial charge on any atom is 1.00 e. The molecule has 2 aromatic carbocycles. The molecular weight excluding hydrogens is 337 g/mol. The molecule has 0 unspecified atom stereocenters. The molecule has 1 heterocycles. The minimum atomic E-state index is -1.20. The number of aromatic nitrogens is 1. The molecule has 0 aliphatic rings. The second-order valence-electron chi connectivity index (χ2n) is 5.81. The zero-order valence-corrected chi connectivity index (χ0v) is 17.0. The first kappa shape index (κ1) is 20.2. The number of carboxylic acids is 1. The third-order valence-electron chi connectivity index (χ3n) is 4.09. The number of carboxylic acid groups (broad SMARTS) is 1. The van der Waals surface area contributed by atoms with Crippen molar-refractivity contribution >= 4 is 5.97 Å². The van der Waals surface area contributed by atoms with E-state index < -0.39 is 11.4 Å². The van der Waals surface area contributed by atoms with Crippen molar-refractivity contribution in [2.24, 2.45) is 0 Å². The summed E-state index contributed by atoms with van der Waals surface area (Å²) in [5.74, 6) is -1.20. The number of rotatable bonds is 5. The van der Waals surface area contributed by atoms with Crippen molar-refractivity contribution in [3.8, 4) is 22.5 Å². The Kier molecular flexibility index (Phi) is 6.98. The Morgan fingerprint density at radius 3 is 2.04 bits per heavy atom. The van der Waals surface area contributed by atoms with Crippen LogP contribution in [0.15, 0.2) is 71.5 Å². The average Bonchev–Trinajstić information content (AvgIpc) is 2.63. The zero-order chi connectivity index (χ0) is 17.8. The van der Waals surface area contributed by atoms with E-state index in [1.54, 1.807) is 0 Å². The second kappa shape index (κ2) is 8.99. The minimum Gasteiger partial charge on any atom is -1.00 e. The van der Waals surface area contributed by atoms with Gasteiger partial charge in [0.15, 0.2) is 5.43 Å². The van der Waals surface area contributed by atoms with E-state index in [-0.39, 0.29) is 36.5 Å². The molecule has 5 heteroatoms. The van der Waals surface area contributed by atoms with Gasteiger partial charge in [0.25, 0.3) is 0 Å². The summed E-state index contributed by atoms with van der Waals surface area (Å²) in [4.78, 5) is 24.4. The Morgan fingerprint density at radius 2 is 1.54 bits per heavy atom. The maximum absolute atomic E-state index is 12.6. The topological polar surface area (TPSA) is 59.3 Å². The van der Waals surface area contributed by atoms with Crippen LogP contribution < -0.4 is 35.0 Å². The van der Waals surface area contributed by atoms with Crippen molar-refractivity contribution in [1.29, 1.82) is 0 Å². The SMILES string of the molecule is CCCn1c(-c2ccccc2)cc(=O)c(C(=O)O)c1-c1ccccc1.[H-].[Na+]. The normalized spacial score (nSPS) is 10.2. The van der Waals surface area contributed by atoms with Crippen LogP contribution >= 0.6 is 0 Å². The van der Waals surface area contributed by atoms with Crippen LogP contribution in [0.3, 0.4) is 0 Å². The predicted octanol–water partition coefficient (Wildman–Crippen LogP) is 1.41. The van der Waals surface area contributed by atoms with Gasteiger partial charge in [-0.25, -0.2) is 4.79 Å². The van der Waals surface area contributed by atoms with Crippen molar-refractivity contribution in [2.75, 3.05) is 0 Å². The molecule has 0 aliphatic heterocycles. The molecule has 0 amide bonds. The first-order chi connectivity index (χ1) is 12.1. The molecule has 0 saturated carbocycles. The molecule has 0 atom stereocenters. The van der Waals surface area contributed by atoms with Crippen molar-refractivity contribution < 1.29 is 40.9 Å². The van der Waals surface area contributed by atoms with Crippen molar-refractivity contribution in [3.05, 3.63) is 82.5 Å². The molecule has 128 valence electrons. The van der Waals surface area contributed by atoms with Crippen LogP contribution in [-0.4, -0.2) is 15.6 Å². The van der Waals surface area contributed by atoms with Gasteiger partial charge in [-0.05, 0) is 17.5 Å². The first-order valence-electron chi connectivity index (χ1n) is 8.25. The molecule has 0 bridgehead atoms. The zero-order valence-electron chi connectivity index (χ0n) is 16.0.